The van der Waals surface area contributed by atoms with E-state index in [1.807, 2.05) is 43.0 Å². The van der Waals surface area contributed by atoms with E-state index in [-0.39, 0.29) is 0 Å². The lowest BCUT2D eigenvalue weighted by Gasteiger charge is -2.30. The molecule has 0 spiro atoms. The van der Waals surface area contributed by atoms with Crippen LogP contribution in [0.1, 0.15) is 25.7 Å². The van der Waals surface area contributed by atoms with E-state index in [1.165, 1.54) is 12.8 Å². The van der Waals surface area contributed by atoms with Crippen LogP contribution in [0.25, 0.3) is 0 Å². The average molecular weight is 389 g/mol. The highest BCUT2D eigenvalue weighted by Crippen LogP contribution is 2.20. The van der Waals surface area contributed by atoms with Gasteiger partial charge in [0.25, 0.3) is 0 Å². The molecule has 26 heavy (non-hydrogen) atoms. The Bertz CT molecular complexity index is 712. The standard InChI is InChI=1S/C20H25ClN4S/c21-18-7-9-19(10-8-18)23-20(26)25(15-17-5-2-1-3-6-17)13-4-12-24-14-11-22-16-24/h1-2,7-11,14,16-17H,3-6,12-13,15H2,(H,23,26)/t17-/m0/s1. The number of aromatic nitrogens is 2. The second-order valence-corrected chi connectivity index (χ2v) is 7.51. The first-order chi connectivity index (χ1) is 12.7. The number of hydrogen-bond donors (Lipinski definition) is 1. The van der Waals surface area contributed by atoms with Gasteiger partial charge < -0.3 is 14.8 Å². The predicted molar refractivity (Wildman–Crippen MR) is 113 cm³/mol. The van der Waals surface area contributed by atoms with Crippen LogP contribution >= 0.6 is 23.8 Å². The molecule has 1 aliphatic carbocycles. The van der Waals surface area contributed by atoms with Gasteiger partial charge >= 0.3 is 0 Å². The maximum Gasteiger partial charge on any atom is 0.173 e. The van der Waals surface area contributed by atoms with Crippen molar-refractivity contribution in [1.29, 1.82) is 0 Å². The van der Waals surface area contributed by atoms with E-state index in [9.17, 15) is 0 Å². The molecular formula is C20H25ClN4S. The van der Waals surface area contributed by atoms with Gasteiger partial charge in [0.2, 0.25) is 0 Å². The van der Waals surface area contributed by atoms with Crippen molar-refractivity contribution in [2.75, 3.05) is 18.4 Å². The molecule has 1 aromatic carbocycles. The molecule has 4 nitrogen and oxygen atoms in total. The number of benzene rings is 1. The summed E-state index contributed by atoms with van der Waals surface area (Å²) in [6, 6.07) is 7.67. The van der Waals surface area contributed by atoms with Crippen molar-refractivity contribution in [3.05, 3.63) is 60.2 Å². The lowest BCUT2D eigenvalue weighted by Crippen LogP contribution is -2.39. The molecule has 138 valence electrons. The molecule has 2 aromatic rings. The first-order valence-corrected chi connectivity index (χ1v) is 9.91. The van der Waals surface area contributed by atoms with Crippen LogP contribution in [0.4, 0.5) is 5.69 Å². The average Bonchev–Trinajstić information content (AvgIpc) is 3.17. The quantitative estimate of drug-likeness (QED) is 0.535. The van der Waals surface area contributed by atoms with Crippen molar-refractivity contribution in [3.63, 3.8) is 0 Å². The Labute approximate surface area is 165 Å². The first-order valence-electron chi connectivity index (χ1n) is 9.13. The Hall–Kier alpha value is -1.85. The predicted octanol–water partition coefficient (Wildman–Crippen LogP) is 4.98. The van der Waals surface area contributed by atoms with Crippen molar-refractivity contribution in [1.82, 2.24) is 14.5 Å². The number of halogens is 1. The van der Waals surface area contributed by atoms with Gasteiger partial charge in [0.05, 0.1) is 6.33 Å². The Morgan fingerprint density at radius 3 is 2.85 bits per heavy atom. The molecule has 1 aliphatic rings. The van der Waals surface area contributed by atoms with Gasteiger partial charge in [-0.15, -0.1) is 0 Å². The number of hydrogen-bond acceptors (Lipinski definition) is 2. The number of nitrogens with zero attached hydrogens (tertiary/aromatic N) is 3. The van der Waals surface area contributed by atoms with Crippen LogP contribution in [-0.2, 0) is 6.54 Å². The summed E-state index contributed by atoms with van der Waals surface area (Å²) in [5.74, 6) is 0.665. The van der Waals surface area contributed by atoms with E-state index in [2.05, 4.69) is 31.9 Å². The van der Waals surface area contributed by atoms with Crippen LogP contribution < -0.4 is 5.32 Å². The van der Waals surface area contributed by atoms with Gasteiger partial charge in [0, 0.05) is 42.7 Å². The molecule has 0 saturated carbocycles. The molecule has 3 rings (SSSR count). The smallest absolute Gasteiger partial charge is 0.173 e. The van der Waals surface area contributed by atoms with E-state index in [0.717, 1.165) is 48.3 Å². The number of nitrogens with one attached hydrogen (secondary N) is 1. The molecule has 0 unspecified atom stereocenters. The summed E-state index contributed by atoms with van der Waals surface area (Å²) in [6.07, 6.45) is 14.8. The molecule has 1 aromatic heterocycles. The summed E-state index contributed by atoms with van der Waals surface area (Å²) >= 11 is 11.7. The summed E-state index contributed by atoms with van der Waals surface area (Å²) in [7, 11) is 0. The van der Waals surface area contributed by atoms with E-state index in [0.29, 0.717) is 5.92 Å². The number of imidazole rings is 1. The second kappa shape index (κ2) is 9.74. The SMILES string of the molecule is S=C(Nc1ccc(Cl)cc1)N(CCCn1ccnc1)C[C@H]1CC=CCC1. The van der Waals surface area contributed by atoms with Gasteiger partial charge in [-0.25, -0.2) is 4.98 Å². The fraction of sp³-hybridized carbons (Fsp3) is 0.400. The molecule has 0 aliphatic heterocycles. The van der Waals surface area contributed by atoms with Crippen LogP contribution in [-0.4, -0.2) is 32.7 Å². The van der Waals surface area contributed by atoms with Gasteiger partial charge in [-0.05, 0) is 68.1 Å². The third-order valence-electron chi connectivity index (χ3n) is 4.64. The topological polar surface area (TPSA) is 33.1 Å². The zero-order valence-electron chi connectivity index (χ0n) is 14.9. The normalized spacial score (nSPS) is 16.4. The maximum absolute atomic E-state index is 5.97. The zero-order valence-corrected chi connectivity index (χ0v) is 16.4. The molecule has 0 saturated heterocycles. The highest BCUT2D eigenvalue weighted by atomic mass is 35.5. The number of thiocarbonyl (C=S) groups is 1. The molecule has 1 atom stereocenters. The van der Waals surface area contributed by atoms with E-state index >= 15 is 0 Å². The van der Waals surface area contributed by atoms with E-state index in [4.69, 9.17) is 23.8 Å². The summed E-state index contributed by atoms with van der Waals surface area (Å²) in [4.78, 5) is 6.41. The summed E-state index contributed by atoms with van der Waals surface area (Å²) in [5, 5.41) is 4.88. The van der Waals surface area contributed by atoms with Gasteiger partial charge in [0.1, 0.15) is 0 Å². The monoisotopic (exact) mass is 388 g/mol. The third kappa shape index (κ3) is 5.85. The van der Waals surface area contributed by atoms with Crippen LogP contribution in [0.3, 0.4) is 0 Å². The molecule has 1 heterocycles. The Morgan fingerprint density at radius 2 is 2.15 bits per heavy atom. The minimum atomic E-state index is 0.665. The van der Waals surface area contributed by atoms with Gasteiger partial charge in [0.15, 0.2) is 5.11 Å². The van der Waals surface area contributed by atoms with Gasteiger partial charge in [-0.2, -0.15) is 0 Å². The van der Waals surface area contributed by atoms with Crippen LogP contribution in [0.15, 0.2) is 55.1 Å². The molecule has 6 heteroatoms. The minimum absolute atomic E-state index is 0.665. The largest absolute Gasteiger partial charge is 0.349 e. The van der Waals surface area contributed by atoms with Crippen LogP contribution in [0, 0.1) is 5.92 Å². The molecular weight excluding hydrogens is 364 g/mol. The zero-order chi connectivity index (χ0) is 18.2. The van der Waals surface area contributed by atoms with Crippen molar-refractivity contribution in [3.8, 4) is 0 Å². The van der Waals surface area contributed by atoms with Gasteiger partial charge in [-0.3, -0.25) is 0 Å². The summed E-state index contributed by atoms with van der Waals surface area (Å²) < 4.78 is 2.11. The van der Waals surface area contributed by atoms with Crippen molar-refractivity contribution < 1.29 is 0 Å². The third-order valence-corrected chi connectivity index (χ3v) is 5.25. The first kappa shape index (κ1) is 18.9. The van der Waals surface area contributed by atoms with E-state index in [1.54, 1.807) is 0 Å². The van der Waals surface area contributed by atoms with Gasteiger partial charge in [-0.1, -0.05) is 23.8 Å². The molecule has 0 radical (unpaired) electrons. The molecule has 1 N–H and O–H groups in total. The van der Waals surface area contributed by atoms with Crippen molar-refractivity contribution in [2.24, 2.45) is 5.92 Å². The Morgan fingerprint density at radius 1 is 1.31 bits per heavy atom. The minimum Gasteiger partial charge on any atom is -0.349 e. The van der Waals surface area contributed by atoms with Crippen molar-refractivity contribution in [2.45, 2.75) is 32.2 Å². The molecule has 0 fully saturated rings. The van der Waals surface area contributed by atoms with Crippen LogP contribution in [0.5, 0.6) is 0 Å². The number of allylic oxidation sites excluding steroid dienone is 2. The van der Waals surface area contributed by atoms with Crippen LogP contribution in [0.2, 0.25) is 5.02 Å². The fourth-order valence-electron chi connectivity index (χ4n) is 3.21. The molecule has 0 bridgehead atoms. The highest BCUT2D eigenvalue weighted by Gasteiger charge is 2.17. The summed E-state index contributed by atoms with van der Waals surface area (Å²) in [6.45, 7) is 2.87. The Kier molecular flexibility index (Phi) is 7.09. The second-order valence-electron chi connectivity index (χ2n) is 6.69. The number of anilines is 1. The highest BCUT2D eigenvalue weighted by molar-refractivity contribution is 7.80. The fourth-order valence-corrected chi connectivity index (χ4v) is 3.62. The lowest BCUT2D eigenvalue weighted by molar-refractivity contribution is 0.316. The lowest BCUT2D eigenvalue weighted by atomic mass is 9.94. The summed E-state index contributed by atoms with van der Waals surface area (Å²) in [5.41, 5.74) is 0.975. The maximum atomic E-state index is 5.97. The number of aryl methyl sites for hydroxylation is 1. The Balaban J connectivity index is 1.59. The van der Waals surface area contributed by atoms with E-state index < -0.39 is 0 Å². The van der Waals surface area contributed by atoms with Crippen molar-refractivity contribution >= 4 is 34.6 Å². The number of rotatable bonds is 7. The molecule has 0 amide bonds.